The predicted molar refractivity (Wildman–Crippen MR) is 59.0 cm³/mol. The topological polar surface area (TPSA) is 47.3 Å². The summed E-state index contributed by atoms with van der Waals surface area (Å²) in [6.07, 6.45) is -0.914. The maximum atomic E-state index is 11.8. The summed E-state index contributed by atoms with van der Waals surface area (Å²) in [6, 6.07) is 0. The second kappa shape index (κ2) is 6.75. The Labute approximate surface area is 103 Å². The van der Waals surface area contributed by atoms with Gasteiger partial charge in [0.15, 0.2) is 0 Å². The van der Waals surface area contributed by atoms with Crippen molar-refractivity contribution in [3.05, 3.63) is 18.0 Å². The highest BCUT2D eigenvalue weighted by molar-refractivity contribution is 5.07. The first kappa shape index (κ1) is 15.0. The summed E-state index contributed by atoms with van der Waals surface area (Å²) in [6.45, 7) is 1.33. The molecule has 0 aliphatic rings. The van der Waals surface area contributed by atoms with E-state index in [4.69, 9.17) is 0 Å². The van der Waals surface area contributed by atoms with Crippen LogP contribution in [0.15, 0.2) is 12.4 Å². The molecule has 1 aromatic rings. The van der Waals surface area contributed by atoms with Gasteiger partial charge in [-0.1, -0.05) is 6.92 Å². The molecule has 1 atom stereocenters. The SMILES string of the molecule is CCCn1cc(C(O)CCOCC(F)(F)F)cn1. The largest absolute Gasteiger partial charge is 0.411 e. The normalized spacial score (nSPS) is 13.8. The van der Waals surface area contributed by atoms with Crippen LogP contribution in [-0.4, -0.2) is 34.3 Å². The van der Waals surface area contributed by atoms with Crippen molar-refractivity contribution < 1.29 is 23.0 Å². The van der Waals surface area contributed by atoms with E-state index in [1.807, 2.05) is 6.92 Å². The average Bonchev–Trinajstić information content (AvgIpc) is 2.72. The number of ether oxygens (including phenoxy) is 1. The van der Waals surface area contributed by atoms with Gasteiger partial charge in [0.05, 0.1) is 12.3 Å². The molecule has 4 nitrogen and oxygen atoms in total. The highest BCUT2D eigenvalue weighted by Crippen LogP contribution is 2.18. The zero-order chi connectivity index (χ0) is 13.6. The van der Waals surface area contributed by atoms with Crippen LogP contribution in [0, 0.1) is 0 Å². The summed E-state index contributed by atoms with van der Waals surface area (Å²) in [5, 5.41) is 13.7. The molecule has 0 amide bonds. The lowest BCUT2D eigenvalue weighted by Gasteiger charge is -2.10. The first-order valence-corrected chi connectivity index (χ1v) is 5.77. The molecule has 1 unspecified atom stereocenters. The van der Waals surface area contributed by atoms with Crippen molar-refractivity contribution in [2.24, 2.45) is 0 Å². The molecule has 18 heavy (non-hydrogen) atoms. The molecule has 0 aromatic carbocycles. The number of aryl methyl sites for hydroxylation is 1. The van der Waals surface area contributed by atoms with E-state index in [0.717, 1.165) is 13.0 Å². The number of alkyl halides is 3. The highest BCUT2D eigenvalue weighted by atomic mass is 19.4. The van der Waals surface area contributed by atoms with Crippen molar-refractivity contribution >= 4 is 0 Å². The molecule has 0 bridgehead atoms. The first-order valence-electron chi connectivity index (χ1n) is 5.77. The smallest absolute Gasteiger partial charge is 0.388 e. The number of hydrogen-bond acceptors (Lipinski definition) is 3. The van der Waals surface area contributed by atoms with Crippen molar-refractivity contribution in [1.29, 1.82) is 0 Å². The zero-order valence-corrected chi connectivity index (χ0v) is 10.2. The fraction of sp³-hybridized carbons (Fsp3) is 0.727. The second-order valence-corrected chi connectivity index (χ2v) is 4.01. The third-order valence-electron chi connectivity index (χ3n) is 2.29. The van der Waals surface area contributed by atoms with E-state index in [1.165, 1.54) is 6.20 Å². The maximum Gasteiger partial charge on any atom is 0.411 e. The van der Waals surface area contributed by atoms with E-state index in [1.54, 1.807) is 10.9 Å². The summed E-state index contributed by atoms with van der Waals surface area (Å²) in [7, 11) is 0. The van der Waals surface area contributed by atoms with Gasteiger partial charge in [0.2, 0.25) is 0 Å². The number of aliphatic hydroxyl groups is 1. The minimum Gasteiger partial charge on any atom is -0.388 e. The number of nitrogens with zero attached hydrogens (tertiary/aromatic N) is 2. The van der Waals surface area contributed by atoms with Gasteiger partial charge in [0, 0.05) is 31.3 Å². The Bertz CT molecular complexity index is 352. The van der Waals surface area contributed by atoms with Gasteiger partial charge in [0.1, 0.15) is 6.61 Å². The fourth-order valence-electron chi connectivity index (χ4n) is 1.45. The standard InChI is InChI=1S/C11H17F3N2O2/c1-2-4-16-7-9(6-15-16)10(17)3-5-18-8-11(12,13)14/h6-7,10,17H,2-5,8H2,1H3. The van der Waals surface area contributed by atoms with Gasteiger partial charge in [-0.3, -0.25) is 4.68 Å². The van der Waals surface area contributed by atoms with Crippen LogP contribution in [0.3, 0.4) is 0 Å². The monoisotopic (exact) mass is 266 g/mol. The number of rotatable bonds is 7. The summed E-state index contributed by atoms with van der Waals surface area (Å²) >= 11 is 0. The van der Waals surface area contributed by atoms with Crippen molar-refractivity contribution in [2.45, 2.75) is 38.6 Å². The lowest BCUT2D eigenvalue weighted by molar-refractivity contribution is -0.175. The van der Waals surface area contributed by atoms with Gasteiger partial charge in [-0.2, -0.15) is 18.3 Å². The quantitative estimate of drug-likeness (QED) is 0.770. The van der Waals surface area contributed by atoms with Gasteiger partial charge in [-0.25, -0.2) is 0 Å². The summed E-state index contributed by atoms with van der Waals surface area (Å²) in [4.78, 5) is 0. The van der Waals surface area contributed by atoms with Crippen molar-refractivity contribution in [3.8, 4) is 0 Å². The molecule has 0 aliphatic carbocycles. The summed E-state index contributed by atoms with van der Waals surface area (Å²) in [5.41, 5.74) is 0.596. The molecule has 104 valence electrons. The average molecular weight is 266 g/mol. The molecule has 0 saturated heterocycles. The van der Waals surface area contributed by atoms with Crippen LogP contribution in [0.1, 0.15) is 31.4 Å². The van der Waals surface area contributed by atoms with Crippen LogP contribution in [-0.2, 0) is 11.3 Å². The molecular formula is C11H17F3N2O2. The Morgan fingerprint density at radius 3 is 2.83 bits per heavy atom. The number of halogens is 3. The van der Waals surface area contributed by atoms with Crippen molar-refractivity contribution in [3.63, 3.8) is 0 Å². The minimum atomic E-state index is -4.32. The van der Waals surface area contributed by atoms with E-state index in [9.17, 15) is 18.3 Å². The molecule has 7 heteroatoms. The van der Waals surface area contributed by atoms with Crippen LogP contribution in [0.25, 0.3) is 0 Å². The lowest BCUT2D eigenvalue weighted by Crippen LogP contribution is -2.18. The first-order chi connectivity index (χ1) is 8.42. The van der Waals surface area contributed by atoms with Crippen LogP contribution in [0.2, 0.25) is 0 Å². The second-order valence-electron chi connectivity index (χ2n) is 4.01. The van der Waals surface area contributed by atoms with E-state index < -0.39 is 18.9 Å². The van der Waals surface area contributed by atoms with Crippen LogP contribution in [0.4, 0.5) is 13.2 Å². The summed E-state index contributed by atoms with van der Waals surface area (Å²) in [5.74, 6) is 0. The Morgan fingerprint density at radius 1 is 1.50 bits per heavy atom. The number of aromatic nitrogens is 2. The van der Waals surface area contributed by atoms with E-state index in [2.05, 4.69) is 9.84 Å². The van der Waals surface area contributed by atoms with Gasteiger partial charge < -0.3 is 9.84 Å². The third-order valence-corrected chi connectivity index (χ3v) is 2.29. The fourth-order valence-corrected chi connectivity index (χ4v) is 1.45. The predicted octanol–water partition coefficient (Wildman–Crippen LogP) is 2.30. The molecule has 0 saturated carbocycles. The molecule has 0 aliphatic heterocycles. The minimum absolute atomic E-state index is 0.119. The van der Waals surface area contributed by atoms with E-state index >= 15 is 0 Å². The Hall–Kier alpha value is -1.08. The van der Waals surface area contributed by atoms with Crippen molar-refractivity contribution in [1.82, 2.24) is 9.78 Å². The molecule has 1 aromatic heterocycles. The zero-order valence-electron chi connectivity index (χ0n) is 10.2. The Kier molecular flexibility index (Phi) is 5.61. The van der Waals surface area contributed by atoms with Crippen LogP contribution >= 0.6 is 0 Å². The van der Waals surface area contributed by atoms with Gasteiger partial charge in [0.25, 0.3) is 0 Å². The molecule has 1 heterocycles. The third kappa shape index (κ3) is 5.50. The summed E-state index contributed by atoms with van der Waals surface area (Å²) < 4.78 is 41.5. The molecule has 0 radical (unpaired) electrons. The molecular weight excluding hydrogens is 249 g/mol. The van der Waals surface area contributed by atoms with E-state index in [-0.39, 0.29) is 13.0 Å². The maximum absolute atomic E-state index is 11.8. The van der Waals surface area contributed by atoms with Crippen LogP contribution < -0.4 is 0 Å². The number of aliphatic hydroxyl groups excluding tert-OH is 1. The number of hydrogen-bond donors (Lipinski definition) is 1. The molecule has 1 N–H and O–H groups in total. The van der Waals surface area contributed by atoms with E-state index in [0.29, 0.717) is 5.56 Å². The van der Waals surface area contributed by atoms with Gasteiger partial charge >= 0.3 is 6.18 Å². The molecule has 0 spiro atoms. The van der Waals surface area contributed by atoms with Crippen LogP contribution in [0.5, 0.6) is 0 Å². The lowest BCUT2D eigenvalue weighted by atomic mass is 10.1. The molecule has 1 rings (SSSR count). The Balaban J connectivity index is 2.29. The van der Waals surface area contributed by atoms with Gasteiger partial charge in [-0.05, 0) is 6.42 Å². The van der Waals surface area contributed by atoms with Crippen molar-refractivity contribution in [2.75, 3.05) is 13.2 Å². The van der Waals surface area contributed by atoms with Gasteiger partial charge in [-0.15, -0.1) is 0 Å². The highest BCUT2D eigenvalue weighted by Gasteiger charge is 2.27. The Morgan fingerprint density at radius 2 is 2.22 bits per heavy atom. The molecule has 0 fully saturated rings.